The van der Waals surface area contributed by atoms with Crippen LogP contribution in [-0.2, 0) is 32.1 Å². The van der Waals surface area contributed by atoms with E-state index in [4.69, 9.17) is 19.3 Å². The monoisotopic (exact) mass is 578 g/mol. The Morgan fingerprint density at radius 1 is 1.00 bits per heavy atom. The Balaban J connectivity index is 1.40. The highest BCUT2D eigenvalue weighted by molar-refractivity contribution is 5.99. The summed E-state index contributed by atoms with van der Waals surface area (Å²) in [5.74, 6) is -1.43. The van der Waals surface area contributed by atoms with E-state index in [1.165, 1.54) is 7.11 Å². The molecule has 2 aromatic carbocycles. The minimum atomic E-state index is -0.890. The van der Waals surface area contributed by atoms with Crippen LogP contribution < -0.4 is 14.4 Å². The van der Waals surface area contributed by atoms with E-state index in [2.05, 4.69) is 17.0 Å². The van der Waals surface area contributed by atoms with Gasteiger partial charge in [-0.2, -0.15) is 0 Å². The van der Waals surface area contributed by atoms with Gasteiger partial charge in [0.1, 0.15) is 17.9 Å². The zero-order valence-electron chi connectivity index (χ0n) is 24.4. The predicted molar refractivity (Wildman–Crippen MR) is 156 cm³/mol. The first kappa shape index (κ1) is 30.6. The van der Waals surface area contributed by atoms with Crippen molar-refractivity contribution in [1.29, 1.82) is 0 Å². The normalized spacial score (nSPS) is 14.8. The highest BCUT2D eigenvalue weighted by atomic mass is 16.6. The third kappa shape index (κ3) is 7.29. The smallest absolute Gasteiger partial charge is 0.342 e. The molecule has 2 aromatic rings. The zero-order chi connectivity index (χ0) is 30.2. The lowest BCUT2D eigenvalue weighted by Gasteiger charge is -2.36. The van der Waals surface area contributed by atoms with Crippen LogP contribution in [0.3, 0.4) is 0 Å². The fraction of sp³-hybridized carbons (Fsp3) is 0.438. The molecule has 42 heavy (non-hydrogen) atoms. The van der Waals surface area contributed by atoms with Crippen molar-refractivity contribution in [2.45, 2.75) is 59.0 Å². The molecule has 2 aliphatic rings. The van der Waals surface area contributed by atoms with Crippen LogP contribution in [0.5, 0.6) is 11.5 Å². The summed E-state index contributed by atoms with van der Waals surface area (Å²) in [5.41, 5.74) is 4.05. The average molecular weight is 579 g/mol. The van der Waals surface area contributed by atoms with Gasteiger partial charge in [0.2, 0.25) is 5.91 Å². The van der Waals surface area contributed by atoms with Crippen LogP contribution in [0, 0.1) is 6.92 Å². The summed E-state index contributed by atoms with van der Waals surface area (Å²) in [6.07, 6.45) is 3.02. The van der Waals surface area contributed by atoms with Crippen LogP contribution in [0.2, 0.25) is 0 Å². The van der Waals surface area contributed by atoms with Gasteiger partial charge in [0, 0.05) is 62.3 Å². The van der Waals surface area contributed by atoms with Gasteiger partial charge in [0.05, 0.1) is 7.11 Å². The van der Waals surface area contributed by atoms with E-state index in [-0.39, 0.29) is 49.5 Å². The molecule has 10 heteroatoms. The summed E-state index contributed by atoms with van der Waals surface area (Å²) < 4.78 is 16.7. The van der Waals surface area contributed by atoms with Crippen LogP contribution >= 0.6 is 0 Å². The number of hydrogen-bond acceptors (Lipinski definition) is 8. The molecule has 0 saturated carbocycles. The molecule has 1 fully saturated rings. The topological polar surface area (TPSA) is 123 Å². The second-order valence-electron chi connectivity index (χ2n) is 10.6. The van der Waals surface area contributed by atoms with Gasteiger partial charge < -0.3 is 29.1 Å². The number of methoxy groups -OCH3 is 1. The number of carbonyl (C=O) groups excluding carboxylic acids is 3. The lowest BCUT2D eigenvalue weighted by Crippen LogP contribution is -2.48. The second-order valence-corrected chi connectivity index (χ2v) is 10.6. The Labute approximate surface area is 245 Å². The van der Waals surface area contributed by atoms with Gasteiger partial charge in [-0.1, -0.05) is 29.8 Å². The van der Waals surface area contributed by atoms with Crippen molar-refractivity contribution in [2.24, 2.45) is 0 Å². The maximum Gasteiger partial charge on any atom is 0.342 e. The highest BCUT2D eigenvalue weighted by Crippen LogP contribution is 2.43. The van der Waals surface area contributed by atoms with E-state index in [0.29, 0.717) is 42.8 Å². The second kappa shape index (κ2) is 14.0. The summed E-state index contributed by atoms with van der Waals surface area (Å²) in [6.45, 7) is 6.45. The number of carboxylic acids is 1. The van der Waals surface area contributed by atoms with Crippen LogP contribution in [0.15, 0.2) is 42.0 Å². The number of anilines is 1. The van der Waals surface area contributed by atoms with E-state index in [9.17, 15) is 19.2 Å². The van der Waals surface area contributed by atoms with Crippen LogP contribution in [0.25, 0.3) is 0 Å². The standard InChI is InChI=1S/C32H38N2O8/c1-21(13-15-27(36)37)12-14-24-30(40-3)22(2)25-20-41-32(39)29(25)31(24)42-28(38)11-7-10-26(35)34-18-16-33(17-19-34)23-8-5-4-6-9-23/h4-6,8-9,12H,7,10-11,13-20H2,1-3H3,(H,36,37)/b21-12+. The number of aliphatic carboxylic acids is 1. The SMILES string of the molecule is COc1c(C)c2c(c(OC(=O)CCCC(=O)N3CCN(c4ccccc4)CC3)c1C/C=C(\C)CCC(=O)O)C(=O)OC2. The number of cyclic esters (lactones) is 1. The molecule has 224 valence electrons. The summed E-state index contributed by atoms with van der Waals surface area (Å²) in [5, 5.41) is 9.00. The van der Waals surface area contributed by atoms with Gasteiger partial charge in [-0.3, -0.25) is 14.4 Å². The van der Waals surface area contributed by atoms with Gasteiger partial charge in [0.25, 0.3) is 0 Å². The maximum atomic E-state index is 13.0. The van der Waals surface area contributed by atoms with Crippen LogP contribution in [-0.4, -0.2) is 67.1 Å². The molecule has 1 saturated heterocycles. The van der Waals surface area contributed by atoms with E-state index in [1.54, 1.807) is 0 Å². The minimum absolute atomic E-state index is 0.000325. The van der Waals surface area contributed by atoms with Crippen molar-refractivity contribution in [3.63, 3.8) is 0 Å². The average Bonchev–Trinajstić information content (AvgIpc) is 3.38. The summed E-state index contributed by atoms with van der Waals surface area (Å²) >= 11 is 0. The fourth-order valence-corrected chi connectivity index (χ4v) is 5.36. The first-order chi connectivity index (χ1) is 20.2. The number of piperazine rings is 1. The van der Waals surface area contributed by atoms with Crippen molar-refractivity contribution < 1.29 is 38.5 Å². The highest BCUT2D eigenvalue weighted by Gasteiger charge is 2.34. The minimum Gasteiger partial charge on any atom is -0.496 e. The molecule has 0 aromatic heterocycles. The van der Waals surface area contributed by atoms with Gasteiger partial charge in [-0.05, 0) is 50.8 Å². The number of nitrogens with zero attached hydrogens (tertiary/aromatic N) is 2. The molecule has 0 aliphatic carbocycles. The number of hydrogen-bond donors (Lipinski definition) is 1. The molecular formula is C32H38N2O8. The molecule has 0 atom stereocenters. The number of esters is 2. The molecule has 10 nitrogen and oxygen atoms in total. The van der Waals surface area contributed by atoms with Crippen molar-refractivity contribution in [1.82, 2.24) is 4.90 Å². The first-order valence-corrected chi connectivity index (χ1v) is 14.2. The van der Waals surface area contributed by atoms with Crippen molar-refractivity contribution in [3.05, 3.63) is 64.2 Å². The molecule has 1 amide bonds. The number of benzene rings is 2. The number of allylic oxidation sites excluding steroid dienone is 2. The maximum absolute atomic E-state index is 13.0. The molecule has 0 bridgehead atoms. The van der Waals surface area contributed by atoms with E-state index in [1.807, 2.05) is 43.0 Å². The van der Waals surface area contributed by atoms with Crippen molar-refractivity contribution in [2.75, 3.05) is 38.2 Å². The molecule has 1 N–H and O–H groups in total. The number of rotatable bonds is 12. The fourth-order valence-electron chi connectivity index (χ4n) is 5.36. The molecular weight excluding hydrogens is 540 g/mol. The number of carbonyl (C=O) groups is 4. The Kier molecular flexibility index (Phi) is 10.2. The molecule has 2 heterocycles. The number of ether oxygens (including phenoxy) is 3. The molecule has 0 spiro atoms. The van der Waals surface area contributed by atoms with Crippen molar-refractivity contribution >= 4 is 29.5 Å². The van der Waals surface area contributed by atoms with Crippen LogP contribution in [0.4, 0.5) is 5.69 Å². The van der Waals surface area contributed by atoms with E-state index < -0.39 is 17.9 Å². The Bertz CT molecular complexity index is 1360. The quantitative estimate of drug-likeness (QED) is 0.221. The molecule has 4 rings (SSSR count). The zero-order valence-corrected chi connectivity index (χ0v) is 24.4. The number of fused-ring (bicyclic) bond motifs is 1. The third-order valence-corrected chi connectivity index (χ3v) is 7.76. The summed E-state index contributed by atoms with van der Waals surface area (Å²) in [4.78, 5) is 53.6. The van der Waals surface area contributed by atoms with Gasteiger partial charge in [0.15, 0.2) is 5.75 Å². The largest absolute Gasteiger partial charge is 0.496 e. The van der Waals surface area contributed by atoms with Gasteiger partial charge >= 0.3 is 17.9 Å². The Morgan fingerprint density at radius 3 is 2.38 bits per heavy atom. The molecule has 0 radical (unpaired) electrons. The van der Waals surface area contributed by atoms with Crippen LogP contribution in [0.1, 0.15) is 66.1 Å². The lowest BCUT2D eigenvalue weighted by molar-refractivity contribution is -0.137. The lowest BCUT2D eigenvalue weighted by atomic mass is 9.94. The summed E-state index contributed by atoms with van der Waals surface area (Å²) in [7, 11) is 1.51. The van der Waals surface area contributed by atoms with Gasteiger partial charge in [-0.15, -0.1) is 0 Å². The van der Waals surface area contributed by atoms with Gasteiger partial charge in [-0.25, -0.2) is 4.79 Å². The molecule has 0 unspecified atom stereocenters. The summed E-state index contributed by atoms with van der Waals surface area (Å²) in [6, 6.07) is 10.1. The van der Waals surface area contributed by atoms with E-state index >= 15 is 0 Å². The first-order valence-electron chi connectivity index (χ1n) is 14.2. The number of amides is 1. The number of carboxylic acid groups (broad SMARTS) is 1. The third-order valence-electron chi connectivity index (χ3n) is 7.76. The molecule has 2 aliphatic heterocycles. The Morgan fingerprint density at radius 2 is 1.71 bits per heavy atom. The van der Waals surface area contributed by atoms with Crippen molar-refractivity contribution in [3.8, 4) is 11.5 Å². The Hall–Kier alpha value is -4.34. The predicted octanol–water partition coefficient (Wildman–Crippen LogP) is 4.45. The number of para-hydroxylation sites is 1. The van der Waals surface area contributed by atoms with E-state index in [0.717, 1.165) is 29.9 Å².